The lowest BCUT2D eigenvalue weighted by atomic mass is 9.87. The van der Waals surface area contributed by atoms with Crippen molar-refractivity contribution in [3.63, 3.8) is 0 Å². The van der Waals surface area contributed by atoms with Crippen molar-refractivity contribution in [1.29, 1.82) is 0 Å². The second-order valence-electron chi connectivity index (χ2n) is 7.16. The molecule has 0 radical (unpaired) electrons. The van der Waals surface area contributed by atoms with Crippen LogP contribution in [0.15, 0.2) is 34.4 Å². The first-order chi connectivity index (χ1) is 12.0. The Morgan fingerprint density at radius 1 is 1.27 bits per heavy atom. The van der Waals surface area contributed by atoms with Crippen LogP contribution in [0.4, 0.5) is 0 Å². The number of halogens is 1. The van der Waals surface area contributed by atoms with Gasteiger partial charge in [-0.25, -0.2) is 4.79 Å². The van der Waals surface area contributed by atoms with Crippen molar-refractivity contribution in [3.05, 3.63) is 34.4 Å². The van der Waals surface area contributed by atoms with Crippen molar-refractivity contribution in [2.75, 3.05) is 7.11 Å². The Labute approximate surface area is 165 Å². The van der Waals surface area contributed by atoms with E-state index in [1.807, 2.05) is 26.8 Å². The number of esters is 1. The average Bonchev–Trinajstić information content (AvgIpc) is 2.55. The van der Waals surface area contributed by atoms with Crippen LogP contribution in [0.25, 0.3) is 0 Å². The van der Waals surface area contributed by atoms with E-state index in [-0.39, 0.29) is 5.41 Å². The molecule has 26 heavy (non-hydrogen) atoms. The summed E-state index contributed by atoms with van der Waals surface area (Å²) in [6, 6.07) is -1.08. The summed E-state index contributed by atoms with van der Waals surface area (Å²) in [7, 11) is 1.21. The van der Waals surface area contributed by atoms with Gasteiger partial charge in [0.2, 0.25) is 5.91 Å². The molecule has 0 saturated heterocycles. The highest BCUT2D eigenvalue weighted by atomic mass is 79.9. The number of ether oxygens (including phenoxy) is 1. The molecule has 5 nitrogen and oxygen atoms in total. The summed E-state index contributed by atoms with van der Waals surface area (Å²) < 4.78 is 5.72. The molecule has 0 bridgehead atoms. The van der Waals surface area contributed by atoms with Crippen LogP contribution < -0.4 is 5.32 Å². The second kappa shape index (κ2) is 12.1. The highest BCUT2D eigenvalue weighted by molar-refractivity contribution is 9.11. The van der Waals surface area contributed by atoms with Crippen molar-refractivity contribution in [2.24, 2.45) is 5.41 Å². The fourth-order valence-electron chi connectivity index (χ4n) is 2.11. The third-order valence-electron chi connectivity index (χ3n) is 3.86. The average molecular weight is 430 g/mol. The van der Waals surface area contributed by atoms with Gasteiger partial charge in [0.25, 0.3) is 0 Å². The van der Waals surface area contributed by atoms with E-state index in [0.29, 0.717) is 0 Å². The van der Waals surface area contributed by atoms with Crippen molar-refractivity contribution in [1.82, 2.24) is 5.32 Å². The number of amides is 1. The first-order valence-electron chi connectivity index (χ1n) is 8.72. The van der Waals surface area contributed by atoms with Crippen molar-refractivity contribution < 1.29 is 19.4 Å². The summed E-state index contributed by atoms with van der Waals surface area (Å²) in [6.07, 6.45) is 9.31. The minimum Gasteiger partial charge on any atom is -0.467 e. The zero-order valence-electron chi connectivity index (χ0n) is 16.6. The fourth-order valence-corrected chi connectivity index (χ4v) is 2.34. The van der Waals surface area contributed by atoms with E-state index in [2.05, 4.69) is 45.1 Å². The Balaban J connectivity index is 4.69. The SMILES string of the molecule is COC(=O)[C@@H](NC(=O)/C=C/C(C)(C)C/C=C(\C)CC/C=C(\C)Br)[C@@H](C)O. The van der Waals surface area contributed by atoms with Gasteiger partial charge in [0.05, 0.1) is 13.2 Å². The van der Waals surface area contributed by atoms with Gasteiger partial charge in [0, 0.05) is 0 Å². The second-order valence-corrected chi connectivity index (χ2v) is 8.41. The predicted molar refractivity (Wildman–Crippen MR) is 109 cm³/mol. The first-order valence-corrected chi connectivity index (χ1v) is 9.51. The molecule has 0 aromatic heterocycles. The first kappa shape index (κ1) is 24.6. The van der Waals surface area contributed by atoms with Gasteiger partial charge in [-0.1, -0.05) is 53.6 Å². The molecule has 148 valence electrons. The highest BCUT2D eigenvalue weighted by Crippen LogP contribution is 2.24. The summed E-state index contributed by atoms with van der Waals surface area (Å²) in [6.45, 7) is 9.62. The number of hydrogen-bond acceptors (Lipinski definition) is 4. The topological polar surface area (TPSA) is 75.6 Å². The zero-order chi connectivity index (χ0) is 20.3. The number of aliphatic hydroxyl groups excluding tert-OH is 1. The Morgan fingerprint density at radius 3 is 2.38 bits per heavy atom. The third-order valence-corrected chi connectivity index (χ3v) is 4.19. The number of rotatable bonds is 10. The third kappa shape index (κ3) is 11.3. The molecule has 1 amide bonds. The summed E-state index contributed by atoms with van der Waals surface area (Å²) in [5.41, 5.74) is 1.10. The summed E-state index contributed by atoms with van der Waals surface area (Å²) in [4.78, 5) is 23.6. The Morgan fingerprint density at radius 2 is 1.88 bits per heavy atom. The van der Waals surface area contributed by atoms with Crippen molar-refractivity contribution >= 4 is 27.8 Å². The largest absolute Gasteiger partial charge is 0.467 e. The Kier molecular flexibility index (Phi) is 11.4. The van der Waals surface area contributed by atoms with Crippen LogP contribution in [0.3, 0.4) is 0 Å². The maximum absolute atomic E-state index is 12.0. The number of allylic oxidation sites excluding steroid dienone is 5. The van der Waals surface area contributed by atoms with E-state index in [9.17, 15) is 14.7 Å². The normalized spacial score (nSPS) is 15.7. The zero-order valence-corrected chi connectivity index (χ0v) is 18.2. The molecule has 0 spiro atoms. The van der Waals surface area contributed by atoms with Crippen LogP contribution in [-0.2, 0) is 14.3 Å². The number of hydrogen-bond donors (Lipinski definition) is 2. The van der Waals surface area contributed by atoms with Gasteiger partial charge in [0.15, 0.2) is 6.04 Å². The van der Waals surface area contributed by atoms with Crippen LogP contribution in [0.1, 0.15) is 53.9 Å². The van der Waals surface area contributed by atoms with Crippen LogP contribution in [0.2, 0.25) is 0 Å². The lowest BCUT2D eigenvalue weighted by Crippen LogP contribution is -2.47. The molecule has 0 unspecified atom stereocenters. The minimum atomic E-state index is -1.08. The molecule has 0 fully saturated rings. The molecule has 2 atom stereocenters. The smallest absolute Gasteiger partial charge is 0.331 e. The van der Waals surface area contributed by atoms with Crippen molar-refractivity contribution in [3.8, 4) is 0 Å². The van der Waals surface area contributed by atoms with Crippen LogP contribution in [0.5, 0.6) is 0 Å². The van der Waals surface area contributed by atoms with E-state index < -0.39 is 24.0 Å². The minimum absolute atomic E-state index is 0.203. The molecular formula is C20H32BrNO4. The van der Waals surface area contributed by atoms with Crippen molar-refractivity contribution in [2.45, 2.75) is 66.0 Å². The molecule has 0 aromatic carbocycles. The van der Waals surface area contributed by atoms with Gasteiger partial charge in [-0.2, -0.15) is 0 Å². The Bertz CT molecular complexity index is 558. The molecule has 0 aromatic rings. The number of carbonyl (C=O) groups is 2. The van der Waals surface area contributed by atoms with Gasteiger partial charge < -0.3 is 15.2 Å². The lowest BCUT2D eigenvalue weighted by molar-refractivity contribution is -0.147. The fraction of sp³-hybridized carbons (Fsp3) is 0.600. The number of carbonyl (C=O) groups excluding carboxylic acids is 2. The molecule has 0 aliphatic heterocycles. The molecule has 0 saturated carbocycles. The van der Waals surface area contributed by atoms with Gasteiger partial charge >= 0.3 is 5.97 Å². The summed E-state index contributed by atoms with van der Waals surface area (Å²) >= 11 is 3.42. The van der Waals surface area contributed by atoms with Gasteiger partial charge in [-0.15, -0.1) is 0 Å². The van der Waals surface area contributed by atoms with Crippen LogP contribution >= 0.6 is 15.9 Å². The number of nitrogens with one attached hydrogen (secondary N) is 1. The lowest BCUT2D eigenvalue weighted by Gasteiger charge is -2.20. The maximum atomic E-state index is 12.0. The van der Waals surface area contributed by atoms with E-state index in [4.69, 9.17) is 0 Å². The molecule has 0 aliphatic carbocycles. The summed E-state index contributed by atoms with van der Waals surface area (Å²) in [5, 5.41) is 12.1. The van der Waals surface area contributed by atoms with E-state index >= 15 is 0 Å². The summed E-state index contributed by atoms with van der Waals surface area (Å²) in [5.74, 6) is -1.11. The molecule has 0 aliphatic rings. The monoisotopic (exact) mass is 429 g/mol. The molecule has 2 N–H and O–H groups in total. The van der Waals surface area contributed by atoms with E-state index in [1.165, 1.54) is 25.7 Å². The predicted octanol–water partition coefficient (Wildman–Crippen LogP) is 4.02. The molecule has 6 heteroatoms. The maximum Gasteiger partial charge on any atom is 0.331 e. The van der Waals surface area contributed by atoms with E-state index in [0.717, 1.165) is 23.7 Å². The standard InChI is InChI=1S/C20H32BrNO4/c1-14(8-7-9-15(2)21)10-12-20(4,5)13-11-17(24)22-18(16(3)23)19(25)26-6/h9-11,13,16,18,23H,7-8,12H2,1-6H3,(H,22,24)/b13-11+,14-10+,15-9+/t16-,18+/m1/s1. The number of aliphatic hydroxyl groups is 1. The molecule has 0 rings (SSSR count). The van der Waals surface area contributed by atoms with Gasteiger partial charge in [-0.05, 0) is 56.0 Å². The Hall–Kier alpha value is -1.40. The van der Waals surface area contributed by atoms with Gasteiger partial charge in [-0.3, -0.25) is 4.79 Å². The van der Waals surface area contributed by atoms with Gasteiger partial charge in [0.1, 0.15) is 0 Å². The molecule has 0 heterocycles. The number of methoxy groups -OCH3 is 1. The quantitative estimate of drug-likeness (QED) is 0.312. The van der Waals surface area contributed by atoms with Crippen LogP contribution in [-0.4, -0.2) is 36.2 Å². The van der Waals surface area contributed by atoms with Crippen LogP contribution in [0, 0.1) is 5.41 Å². The highest BCUT2D eigenvalue weighted by Gasteiger charge is 2.25. The van der Waals surface area contributed by atoms with E-state index in [1.54, 1.807) is 0 Å². The molecular weight excluding hydrogens is 398 g/mol.